The van der Waals surface area contributed by atoms with Crippen LogP contribution in [0.3, 0.4) is 0 Å². The Morgan fingerprint density at radius 2 is 2.17 bits per heavy atom. The van der Waals surface area contributed by atoms with Crippen molar-refractivity contribution in [1.29, 1.82) is 0 Å². The van der Waals surface area contributed by atoms with Gasteiger partial charge in [0, 0.05) is 37.4 Å². The summed E-state index contributed by atoms with van der Waals surface area (Å²) in [6.45, 7) is 1.65. The Morgan fingerprint density at radius 3 is 2.78 bits per heavy atom. The lowest BCUT2D eigenvalue weighted by molar-refractivity contribution is 0.0831. The lowest BCUT2D eigenvalue weighted by Crippen LogP contribution is -2.18. The Kier molecular flexibility index (Phi) is 4.54. The van der Waals surface area contributed by atoms with Crippen LogP contribution in [0.4, 0.5) is 8.78 Å². The van der Waals surface area contributed by atoms with Crippen molar-refractivity contribution in [3.05, 3.63) is 23.3 Å². The zero-order valence-electron chi connectivity index (χ0n) is 10.3. The third-order valence-electron chi connectivity index (χ3n) is 3.08. The Morgan fingerprint density at radius 1 is 1.44 bits per heavy atom. The summed E-state index contributed by atoms with van der Waals surface area (Å²) in [6, 6.07) is 0. The first kappa shape index (κ1) is 13.3. The molecule has 18 heavy (non-hydrogen) atoms. The summed E-state index contributed by atoms with van der Waals surface area (Å²) in [6.07, 6.45) is 0.549. The van der Waals surface area contributed by atoms with Gasteiger partial charge >= 0.3 is 0 Å². The molecule has 1 fully saturated rings. The number of halogens is 2. The SMILES string of the molecule is CNCc1cnc(C2CCOCC2)nc1C(F)F. The van der Waals surface area contributed by atoms with Gasteiger partial charge in [-0.25, -0.2) is 18.7 Å². The summed E-state index contributed by atoms with van der Waals surface area (Å²) in [4.78, 5) is 8.28. The fourth-order valence-electron chi connectivity index (χ4n) is 2.10. The molecule has 1 aromatic rings. The van der Waals surface area contributed by atoms with Gasteiger partial charge in [0.15, 0.2) is 0 Å². The molecule has 2 heterocycles. The van der Waals surface area contributed by atoms with E-state index in [9.17, 15) is 8.78 Å². The van der Waals surface area contributed by atoms with Crippen molar-refractivity contribution in [2.75, 3.05) is 20.3 Å². The van der Waals surface area contributed by atoms with Gasteiger partial charge < -0.3 is 10.1 Å². The normalized spacial score (nSPS) is 17.3. The third-order valence-corrected chi connectivity index (χ3v) is 3.08. The van der Waals surface area contributed by atoms with Crippen LogP contribution >= 0.6 is 0 Å². The first-order chi connectivity index (χ1) is 8.72. The summed E-state index contributed by atoms with van der Waals surface area (Å²) in [7, 11) is 1.71. The van der Waals surface area contributed by atoms with E-state index in [0.29, 0.717) is 31.1 Å². The summed E-state index contributed by atoms with van der Waals surface area (Å²) in [5.41, 5.74) is 0.309. The maximum absolute atomic E-state index is 13.0. The highest BCUT2D eigenvalue weighted by atomic mass is 19.3. The van der Waals surface area contributed by atoms with Gasteiger partial charge in [0.1, 0.15) is 11.5 Å². The zero-order chi connectivity index (χ0) is 13.0. The predicted molar refractivity (Wildman–Crippen MR) is 62.5 cm³/mol. The molecular formula is C12H17F2N3O. The molecule has 1 N–H and O–H groups in total. The van der Waals surface area contributed by atoms with Gasteiger partial charge in [-0.3, -0.25) is 0 Å². The molecule has 0 atom stereocenters. The predicted octanol–water partition coefficient (Wildman–Crippen LogP) is 2.03. The van der Waals surface area contributed by atoms with Crippen molar-refractivity contribution in [3.63, 3.8) is 0 Å². The summed E-state index contributed by atoms with van der Waals surface area (Å²) in [5, 5.41) is 2.84. The van der Waals surface area contributed by atoms with Gasteiger partial charge in [0.25, 0.3) is 6.43 Å². The molecule has 1 aromatic heterocycles. The van der Waals surface area contributed by atoms with Crippen molar-refractivity contribution in [3.8, 4) is 0 Å². The lowest BCUT2D eigenvalue weighted by Gasteiger charge is -2.21. The standard InChI is InChI=1S/C12H17F2N3O/c1-15-6-9-7-16-12(17-10(9)11(13)14)8-2-4-18-5-3-8/h7-8,11,15H,2-6H2,1H3. The maximum atomic E-state index is 13.0. The van der Waals surface area contributed by atoms with Gasteiger partial charge in [-0.05, 0) is 19.9 Å². The molecular weight excluding hydrogens is 240 g/mol. The summed E-state index contributed by atoms with van der Waals surface area (Å²) >= 11 is 0. The van der Waals surface area contributed by atoms with Crippen LogP contribution in [-0.4, -0.2) is 30.2 Å². The fourth-order valence-corrected chi connectivity index (χ4v) is 2.10. The van der Waals surface area contributed by atoms with Crippen molar-refractivity contribution in [1.82, 2.24) is 15.3 Å². The van der Waals surface area contributed by atoms with Crippen LogP contribution < -0.4 is 5.32 Å². The van der Waals surface area contributed by atoms with Crippen LogP contribution in [0.1, 0.15) is 42.3 Å². The second-order valence-electron chi connectivity index (χ2n) is 4.36. The summed E-state index contributed by atoms with van der Waals surface area (Å²) in [5.74, 6) is 0.660. The van der Waals surface area contributed by atoms with E-state index in [1.807, 2.05) is 0 Å². The monoisotopic (exact) mass is 257 g/mol. The molecule has 0 aliphatic carbocycles. The second-order valence-corrected chi connectivity index (χ2v) is 4.36. The van der Waals surface area contributed by atoms with Gasteiger partial charge in [0.05, 0.1) is 0 Å². The van der Waals surface area contributed by atoms with E-state index in [0.717, 1.165) is 12.8 Å². The van der Waals surface area contributed by atoms with E-state index in [1.54, 1.807) is 7.05 Å². The molecule has 1 aliphatic heterocycles. The lowest BCUT2D eigenvalue weighted by atomic mass is 9.99. The minimum atomic E-state index is -2.56. The Bertz CT molecular complexity index is 395. The second kappa shape index (κ2) is 6.15. The topological polar surface area (TPSA) is 47.0 Å². The molecule has 4 nitrogen and oxygen atoms in total. The van der Waals surface area contributed by atoms with Crippen molar-refractivity contribution in [2.24, 2.45) is 0 Å². The van der Waals surface area contributed by atoms with Gasteiger partial charge in [-0.15, -0.1) is 0 Å². The van der Waals surface area contributed by atoms with Gasteiger partial charge in [-0.2, -0.15) is 0 Å². The smallest absolute Gasteiger partial charge is 0.280 e. The van der Waals surface area contributed by atoms with Crippen molar-refractivity contribution < 1.29 is 13.5 Å². The highest BCUT2D eigenvalue weighted by Gasteiger charge is 2.22. The molecule has 0 saturated carbocycles. The molecule has 0 bridgehead atoms. The minimum Gasteiger partial charge on any atom is -0.381 e. The molecule has 0 radical (unpaired) electrons. The first-order valence-corrected chi connectivity index (χ1v) is 6.08. The van der Waals surface area contributed by atoms with E-state index >= 15 is 0 Å². The number of aromatic nitrogens is 2. The number of ether oxygens (including phenoxy) is 1. The number of nitrogens with zero attached hydrogens (tertiary/aromatic N) is 2. The highest BCUT2D eigenvalue weighted by Crippen LogP contribution is 2.27. The number of nitrogens with one attached hydrogen (secondary N) is 1. The molecule has 0 aromatic carbocycles. The van der Waals surface area contributed by atoms with Crippen LogP contribution in [0.15, 0.2) is 6.20 Å². The molecule has 1 aliphatic rings. The molecule has 0 unspecified atom stereocenters. The molecule has 0 amide bonds. The Hall–Kier alpha value is -1.14. The van der Waals surface area contributed by atoms with Crippen molar-refractivity contribution >= 4 is 0 Å². The van der Waals surface area contributed by atoms with E-state index < -0.39 is 6.43 Å². The van der Waals surface area contributed by atoms with E-state index in [-0.39, 0.29) is 11.6 Å². The van der Waals surface area contributed by atoms with Gasteiger partial charge in [-0.1, -0.05) is 0 Å². The Balaban J connectivity index is 2.24. The van der Waals surface area contributed by atoms with Gasteiger partial charge in [0.2, 0.25) is 0 Å². The number of alkyl halides is 2. The highest BCUT2D eigenvalue weighted by molar-refractivity contribution is 5.20. The number of hydrogen-bond acceptors (Lipinski definition) is 4. The van der Waals surface area contributed by atoms with E-state index in [2.05, 4.69) is 15.3 Å². The average Bonchev–Trinajstić information content (AvgIpc) is 2.40. The first-order valence-electron chi connectivity index (χ1n) is 6.08. The van der Waals surface area contributed by atoms with Crippen LogP contribution in [-0.2, 0) is 11.3 Å². The number of hydrogen-bond donors (Lipinski definition) is 1. The van der Waals surface area contributed by atoms with E-state index in [1.165, 1.54) is 6.20 Å². The zero-order valence-corrected chi connectivity index (χ0v) is 10.3. The quantitative estimate of drug-likeness (QED) is 0.896. The molecule has 1 saturated heterocycles. The minimum absolute atomic E-state index is 0.139. The van der Waals surface area contributed by atoms with Crippen LogP contribution in [0.2, 0.25) is 0 Å². The molecule has 0 spiro atoms. The average molecular weight is 257 g/mol. The third kappa shape index (κ3) is 3.00. The maximum Gasteiger partial charge on any atom is 0.280 e. The van der Waals surface area contributed by atoms with Crippen LogP contribution in [0, 0.1) is 0 Å². The molecule has 2 rings (SSSR count). The summed E-state index contributed by atoms with van der Waals surface area (Å²) < 4.78 is 31.2. The molecule has 100 valence electrons. The Labute approximate surface area is 105 Å². The van der Waals surface area contributed by atoms with Crippen molar-refractivity contribution in [2.45, 2.75) is 31.7 Å². The van der Waals surface area contributed by atoms with E-state index in [4.69, 9.17) is 4.74 Å². The van der Waals surface area contributed by atoms with Crippen LogP contribution in [0.25, 0.3) is 0 Å². The fraction of sp³-hybridized carbons (Fsp3) is 0.667. The largest absolute Gasteiger partial charge is 0.381 e. The molecule has 6 heteroatoms. The number of rotatable bonds is 4. The van der Waals surface area contributed by atoms with Crippen LogP contribution in [0.5, 0.6) is 0 Å².